The Bertz CT molecular complexity index is 878. The molecule has 0 aromatic heterocycles. The second-order valence-electron chi connectivity index (χ2n) is 8.76. The normalized spacial score (nSPS) is 11.9. The molecule has 0 aliphatic rings. The van der Waals surface area contributed by atoms with E-state index in [1.165, 1.54) is 6.42 Å². The highest BCUT2D eigenvalue weighted by Gasteiger charge is 2.22. The van der Waals surface area contributed by atoms with Gasteiger partial charge < -0.3 is 14.6 Å². The van der Waals surface area contributed by atoms with Gasteiger partial charge in [-0.2, -0.15) is 0 Å². The van der Waals surface area contributed by atoms with Crippen LogP contribution >= 0.6 is 0 Å². The number of benzene rings is 2. The van der Waals surface area contributed by atoms with Crippen LogP contribution in [0.3, 0.4) is 0 Å². The average Bonchev–Trinajstić information content (AvgIpc) is 2.94. The second-order valence-corrected chi connectivity index (χ2v) is 8.76. The van der Waals surface area contributed by atoms with E-state index in [2.05, 4.69) is 25.8 Å². The molecule has 0 saturated carbocycles. The molecule has 5 heteroatoms. The van der Waals surface area contributed by atoms with Gasteiger partial charge in [-0.25, -0.2) is 0 Å². The number of nitrogens with zero attached hydrogens (tertiary/aromatic N) is 1. The predicted molar refractivity (Wildman–Crippen MR) is 164 cm³/mol. The molecule has 1 unspecified atom stereocenters. The molecule has 0 aliphatic heterocycles. The van der Waals surface area contributed by atoms with E-state index in [9.17, 15) is 9.90 Å². The van der Waals surface area contributed by atoms with Gasteiger partial charge in [0.25, 0.3) is 0 Å². The van der Waals surface area contributed by atoms with Gasteiger partial charge in [-0.15, -0.1) is 0 Å². The third kappa shape index (κ3) is 14.8. The highest BCUT2D eigenvalue weighted by atomic mass is 16.5. The molecule has 0 fully saturated rings. The molecule has 0 bridgehead atoms. The average molecular weight is 530 g/mol. The number of carboxylic acids is 1. The summed E-state index contributed by atoms with van der Waals surface area (Å²) in [5.41, 5.74) is 3.19. The number of hydrogen-bond donors (Lipinski definition) is 1. The van der Waals surface area contributed by atoms with Gasteiger partial charge in [0.1, 0.15) is 5.75 Å². The minimum Gasteiger partial charge on any atom is -0.494 e. The van der Waals surface area contributed by atoms with Crippen molar-refractivity contribution >= 4 is 11.9 Å². The maximum Gasteiger partial charge on any atom is 0.306 e. The Morgan fingerprint density at radius 2 is 1.50 bits per heavy atom. The van der Waals surface area contributed by atoms with Gasteiger partial charge in [-0.05, 0) is 61.6 Å². The van der Waals surface area contributed by atoms with Crippen LogP contribution in [0.15, 0.2) is 53.5 Å². The van der Waals surface area contributed by atoms with E-state index in [0.717, 1.165) is 35.3 Å². The fraction of sp³-hybridized carbons (Fsp3) is 0.576. The zero-order valence-electron chi connectivity index (χ0n) is 26.0. The highest BCUT2D eigenvalue weighted by Crippen LogP contribution is 2.30. The van der Waals surface area contributed by atoms with Crippen LogP contribution in [0, 0.1) is 5.92 Å². The first kappa shape index (κ1) is 37.3. The van der Waals surface area contributed by atoms with Gasteiger partial charge >= 0.3 is 5.97 Å². The van der Waals surface area contributed by atoms with E-state index in [1.54, 1.807) is 6.92 Å². The van der Waals surface area contributed by atoms with E-state index in [1.807, 2.05) is 97.0 Å². The zero-order valence-corrected chi connectivity index (χ0v) is 26.0. The summed E-state index contributed by atoms with van der Waals surface area (Å²) < 4.78 is 11.8. The number of ether oxygens (including phenoxy) is 2. The van der Waals surface area contributed by atoms with Crippen molar-refractivity contribution in [2.75, 3.05) is 13.2 Å². The molecule has 216 valence electrons. The van der Waals surface area contributed by atoms with Crippen molar-refractivity contribution in [3.05, 3.63) is 65.2 Å². The van der Waals surface area contributed by atoms with Crippen molar-refractivity contribution < 1.29 is 19.4 Å². The van der Waals surface area contributed by atoms with Crippen molar-refractivity contribution in [3.8, 4) is 5.75 Å². The Morgan fingerprint density at radius 3 is 2.00 bits per heavy atom. The molecule has 0 aliphatic carbocycles. The van der Waals surface area contributed by atoms with Gasteiger partial charge in [0, 0.05) is 18.5 Å². The van der Waals surface area contributed by atoms with Crippen LogP contribution in [0.25, 0.3) is 0 Å². The van der Waals surface area contributed by atoms with Crippen LogP contribution < -0.4 is 4.74 Å². The Labute approximate surface area is 233 Å². The standard InChI is InChI=1S/C26H35NO4.C3H8.2C2H6/c1-6-21-17-23(13-14-24(21)19(4)20(5)26(28)29)30-16-10-15-27-25(31-18(2)3)22-11-8-7-9-12-22;1-3-2;2*1-2/h7-9,11-14,17-20H,6,10,15-16H2,1-5H3,(H,28,29);3H2,1-2H3;2*1-2H3/t19?,20-;;;/m0.../s1. The summed E-state index contributed by atoms with van der Waals surface area (Å²) >= 11 is 0. The lowest BCUT2D eigenvalue weighted by Gasteiger charge is -2.20. The SMILES string of the molecule is CC.CC.CCC.CCc1cc(OCCCN=C(OC(C)C)c2ccccc2)ccc1C(C)[C@H](C)C(=O)O. The van der Waals surface area contributed by atoms with Crippen LogP contribution in [0.5, 0.6) is 5.75 Å². The minimum atomic E-state index is -0.772. The molecule has 0 heterocycles. The van der Waals surface area contributed by atoms with Crippen LogP contribution in [-0.2, 0) is 16.0 Å². The number of aryl methyl sites for hydroxylation is 1. The molecule has 2 aromatic carbocycles. The van der Waals surface area contributed by atoms with Gasteiger partial charge in [0.15, 0.2) is 0 Å². The second kappa shape index (κ2) is 23.3. The Kier molecular flexibility index (Phi) is 22.9. The lowest BCUT2D eigenvalue weighted by molar-refractivity contribution is -0.141. The molecule has 0 spiro atoms. The third-order valence-corrected chi connectivity index (χ3v) is 5.32. The maximum absolute atomic E-state index is 11.3. The molecule has 0 radical (unpaired) electrons. The molecule has 5 nitrogen and oxygen atoms in total. The largest absolute Gasteiger partial charge is 0.494 e. The third-order valence-electron chi connectivity index (χ3n) is 5.32. The van der Waals surface area contributed by atoms with Gasteiger partial charge in [0.05, 0.1) is 18.6 Å². The molecule has 38 heavy (non-hydrogen) atoms. The number of hydrogen-bond acceptors (Lipinski definition) is 4. The van der Waals surface area contributed by atoms with Gasteiger partial charge in [0.2, 0.25) is 5.90 Å². The first-order chi connectivity index (χ1) is 18.2. The minimum absolute atomic E-state index is 0.0480. The summed E-state index contributed by atoms with van der Waals surface area (Å²) in [6.07, 6.45) is 2.92. The number of rotatable bonds is 11. The van der Waals surface area contributed by atoms with Crippen molar-refractivity contribution in [2.45, 2.75) is 107 Å². The summed E-state index contributed by atoms with van der Waals surface area (Å²) in [6.45, 7) is 23.2. The molecule has 2 rings (SSSR count). The molecular weight excluding hydrogens is 474 g/mol. The van der Waals surface area contributed by atoms with E-state index in [0.29, 0.717) is 19.0 Å². The summed E-state index contributed by atoms with van der Waals surface area (Å²) in [5, 5.41) is 9.31. The van der Waals surface area contributed by atoms with Crippen molar-refractivity contribution in [3.63, 3.8) is 0 Å². The Balaban J connectivity index is 0. The summed E-state index contributed by atoms with van der Waals surface area (Å²) in [5.74, 6) is 0.220. The monoisotopic (exact) mass is 529 g/mol. The molecule has 2 atom stereocenters. The number of carbonyl (C=O) groups is 1. The molecular formula is C33H55NO4. The van der Waals surface area contributed by atoms with Gasteiger partial charge in [-0.1, -0.05) is 93.0 Å². The lowest BCUT2D eigenvalue weighted by Crippen LogP contribution is -2.17. The lowest BCUT2D eigenvalue weighted by atomic mass is 9.85. The van der Waals surface area contributed by atoms with Crippen LogP contribution in [0.1, 0.15) is 112 Å². The van der Waals surface area contributed by atoms with Crippen molar-refractivity contribution in [1.29, 1.82) is 0 Å². The quantitative estimate of drug-likeness (QED) is 0.179. The van der Waals surface area contributed by atoms with Crippen LogP contribution in [0.4, 0.5) is 0 Å². The van der Waals surface area contributed by atoms with Gasteiger partial charge in [-0.3, -0.25) is 9.79 Å². The summed E-state index contributed by atoms with van der Waals surface area (Å²) in [7, 11) is 0. The molecule has 0 saturated heterocycles. The number of aliphatic carboxylic acids is 1. The maximum atomic E-state index is 11.3. The Morgan fingerprint density at radius 1 is 0.921 bits per heavy atom. The first-order valence-corrected chi connectivity index (χ1v) is 14.5. The summed E-state index contributed by atoms with van der Waals surface area (Å²) in [6, 6.07) is 15.9. The predicted octanol–water partition coefficient (Wildman–Crippen LogP) is 9.18. The molecule has 2 aromatic rings. The first-order valence-electron chi connectivity index (χ1n) is 14.5. The van der Waals surface area contributed by atoms with E-state index in [-0.39, 0.29) is 12.0 Å². The Hall–Kier alpha value is -2.82. The van der Waals surface area contributed by atoms with Crippen molar-refractivity contribution in [2.24, 2.45) is 10.9 Å². The molecule has 0 amide bonds. The van der Waals surface area contributed by atoms with E-state index >= 15 is 0 Å². The van der Waals surface area contributed by atoms with Crippen LogP contribution in [0.2, 0.25) is 0 Å². The summed E-state index contributed by atoms with van der Waals surface area (Å²) in [4.78, 5) is 16.0. The smallest absolute Gasteiger partial charge is 0.306 e. The van der Waals surface area contributed by atoms with Crippen LogP contribution in [-0.4, -0.2) is 36.2 Å². The number of carboxylic acid groups (broad SMARTS) is 1. The highest BCUT2D eigenvalue weighted by molar-refractivity contribution is 5.94. The van der Waals surface area contributed by atoms with E-state index in [4.69, 9.17) is 9.47 Å². The molecule has 1 N–H and O–H groups in total. The topological polar surface area (TPSA) is 68.1 Å². The van der Waals surface area contributed by atoms with E-state index < -0.39 is 11.9 Å². The van der Waals surface area contributed by atoms with Crippen molar-refractivity contribution in [1.82, 2.24) is 0 Å². The zero-order chi connectivity index (χ0) is 29.5. The fourth-order valence-corrected chi connectivity index (χ4v) is 3.34. The number of aliphatic imine (C=N–C) groups is 1. The fourth-order valence-electron chi connectivity index (χ4n) is 3.34.